The second-order valence-corrected chi connectivity index (χ2v) is 5.86. The molecule has 0 unspecified atom stereocenters. The summed E-state index contributed by atoms with van der Waals surface area (Å²) in [6.07, 6.45) is 1.71. The number of hydrogen-bond acceptors (Lipinski definition) is 5. The predicted molar refractivity (Wildman–Crippen MR) is 91.9 cm³/mol. The fraction of sp³-hybridized carbons (Fsp3) is 0.176. The first kappa shape index (κ1) is 15.4. The van der Waals surface area contributed by atoms with Crippen LogP contribution in [-0.4, -0.2) is 17.7 Å². The van der Waals surface area contributed by atoms with Gasteiger partial charge in [0, 0.05) is 6.08 Å². The summed E-state index contributed by atoms with van der Waals surface area (Å²) in [5, 5.41) is 3.28. The zero-order valence-electron chi connectivity index (χ0n) is 12.8. The molecular weight excluding hydrogens is 312 g/mol. The molecule has 0 atom stereocenters. The van der Waals surface area contributed by atoms with Crippen molar-refractivity contribution >= 4 is 34.6 Å². The number of benzene rings is 1. The Balaban J connectivity index is 1.83. The fourth-order valence-corrected chi connectivity index (χ4v) is 2.89. The molecule has 1 N–H and O–H groups in total. The number of furan rings is 1. The first-order valence-electron chi connectivity index (χ1n) is 7.23. The molecular formula is C17H16N2O3S. The predicted octanol–water partition coefficient (Wildman–Crippen LogP) is 3.88. The Morgan fingerprint density at radius 3 is 2.87 bits per heavy atom. The molecule has 1 saturated heterocycles. The lowest BCUT2D eigenvalue weighted by Crippen LogP contribution is -2.19. The van der Waals surface area contributed by atoms with Crippen LogP contribution >= 0.6 is 11.8 Å². The number of amidine groups is 1. The molecule has 0 aliphatic carbocycles. The van der Waals surface area contributed by atoms with E-state index in [2.05, 4.69) is 10.3 Å². The molecule has 6 heteroatoms. The van der Waals surface area contributed by atoms with Gasteiger partial charge in [-0.25, -0.2) is 4.99 Å². The van der Waals surface area contributed by atoms with E-state index < -0.39 is 0 Å². The highest BCUT2D eigenvalue weighted by molar-refractivity contribution is 8.18. The largest absolute Gasteiger partial charge is 0.492 e. The summed E-state index contributed by atoms with van der Waals surface area (Å²) in [5.41, 5.74) is 0.687. The van der Waals surface area contributed by atoms with E-state index in [4.69, 9.17) is 9.15 Å². The highest BCUT2D eigenvalue weighted by atomic mass is 32.2. The van der Waals surface area contributed by atoms with Crippen LogP contribution in [0.25, 0.3) is 6.08 Å². The third kappa shape index (κ3) is 3.65. The topological polar surface area (TPSA) is 63.8 Å². The van der Waals surface area contributed by atoms with Crippen molar-refractivity contribution in [3.05, 3.63) is 52.8 Å². The van der Waals surface area contributed by atoms with Crippen molar-refractivity contribution in [2.45, 2.75) is 13.8 Å². The maximum Gasteiger partial charge on any atom is 0.264 e. The van der Waals surface area contributed by atoms with Crippen LogP contribution in [0.15, 0.2) is 50.7 Å². The molecule has 1 aromatic heterocycles. The van der Waals surface area contributed by atoms with E-state index in [1.807, 2.05) is 50.2 Å². The van der Waals surface area contributed by atoms with Gasteiger partial charge in [-0.15, -0.1) is 0 Å². The number of aliphatic imine (C=N–C) groups is 1. The minimum Gasteiger partial charge on any atom is -0.492 e. The highest BCUT2D eigenvalue weighted by Gasteiger charge is 2.24. The van der Waals surface area contributed by atoms with Gasteiger partial charge in [0.15, 0.2) is 5.17 Å². The Morgan fingerprint density at radius 2 is 2.13 bits per heavy atom. The van der Waals surface area contributed by atoms with Crippen molar-refractivity contribution in [3.63, 3.8) is 0 Å². The first-order chi connectivity index (χ1) is 11.2. The zero-order chi connectivity index (χ0) is 16.2. The molecule has 0 spiro atoms. The number of ether oxygens (including phenoxy) is 1. The summed E-state index contributed by atoms with van der Waals surface area (Å²) in [5.74, 6) is 1.96. The number of nitrogens with one attached hydrogen (secondary N) is 1. The molecule has 0 bridgehead atoms. The first-order valence-corrected chi connectivity index (χ1v) is 8.05. The maximum absolute atomic E-state index is 12.0. The summed E-state index contributed by atoms with van der Waals surface area (Å²) in [6.45, 7) is 4.34. The number of hydrogen-bond donors (Lipinski definition) is 1. The molecule has 1 amide bonds. The second-order valence-electron chi connectivity index (χ2n) is 4.83. The van der Waals surface area contributed by atoms with Crippen molar-refractivity contribution in [2.24, 2.45) is 4.99 Å². The van der Waals surface area contributed by atoms with Crippen LogP contribution in [0.5, 0.6) is 5.75 Å². The molecule has 118 valence electrons. The standard InChI is InChI=1S/C17H16N2O3S/c1-3-21-14-7-5-4-6-13(14)18-17-19-16(20)15(23-17)10-12-9-8-11(2)22-12/h4-10H,3H2,1-2H3,(H,18,19,20)/b15-10+. The Kier molecular flexibility index (Phi) is 4.52. The Hall–Kier alpha value is -2.47. The van der Waals surface area contributed by atoms with Crippen LogP contribution in [0, 0.1) is 6.92 Å². The van der Waals surface area contributed by atoms with Crippen molar-refractivity contribution in [3.8, 4) is 5.75 Å². The molecule has 1 aliphatic rings. The molecule has 1 aliphatic heterocycles. The number of para-hydroxylation sites is 2. The number of thioether (sulfide) groups is 1. The molecule has 2 aromatic rings. The number of rotatable bonds is 4. The summed E-state index contributed by atoms with van der Waals surface area (Å²) < 4.78 is 11.0. The van der Waals surface area contributed by atoms with Gasteiger partial charge in [-0.1, -0.05) is 12.1 Å². The van der Waals surface area contributed by atoms with E-state index in [1.165, 1.54) is 11.8 Å². The van der Waals surface area contributed by atoms with Crippen LogP contribution in [0.3, 0.4) is 0 Å². The number of aryl methyl sites for hydroxylation is 1. The van der Waals surface area contributed by atoms with E-state index in [9.17, 15) is 4.79 Å². The van der Waals surface area contributed by atoms with E-state index in [-0.39, 0.29) is 5.91 Å². The van der Waals surface area contributed by atoms with Crippen molar-refractivity contribution in [1.29, 1.82) is 0 Å². The molecule has 0 saturated carbocycles. The van der Waals surface area contributed by atoms with Gasteiger partial charge in [0.1, 0.15) is 23.0 Å². The monoisotopic (exact) mass is 328 g/mol. The van der Waals surface area contributed by atoms with E-state index in [0.29, 0.717) is 33.9 Å². The van der Waals surface area contributed by atoms with E-state index in [1.54, 1.807) is 6.08 Å². The minimum absolute atomic E-state index is 0.184. The molecule has 5 nitrogen and oxygen atoms in total. The second kappa shape index (κ2) is 6.75. The van der Waals surface area contributed by atoms with E-state index >= 15 is 0 Å². The van der Waals surface area contributed by atoms with Gasteiger partial charge in [0.2, 0.25) is 0 Å². The number of amides is 1. The van der Waals surface area contributed by atoms with Crippen LogP contribution in [0.1, 0.15) is 18.4 Å². The van der Waals surface area contributed by atoms with Gasteiger partial charge in [-0.05, 0) is 49.9 Å². The maximum atomic E-state index is 12.0. The SMILES string of the molecule is CCOc1ccccc1N=C1NC(=O)/C(=C\c2ccc(C)o2)S1. The Bertz CT molecular complexity index is 793. The Morgan fingerprint density at radius 1 is 1.30 bits per heavy atom. The molecule has 0 radical (unpaired) electrons. The lowest BCUT2D eigenvalue weighted by Gasteiger charge is -2.06. The number of carbonyl (C=O) groups excluding carboxylic acids is 1. The number of carbonyl (C=O) groups is 1. The minimum atomic E-state index is -0.184. The van der Waals surface area contributed by atoms with Crippen molar-refractivity contribution < 1.29 is 13.9 Å². The van der Waals surface area contributed by atoms with Crippen LogP contribution in [0.2, 0.25) is 0 Å². The lowest BCUT2D eigenvalue weighted by molar-refractivity contribution is -0.115. The number of nitrogens with zero attached hydrogens (tertiary/aromatic N) is 1. The third-order valence-electron chi connectivity index (χ3n) is 3.07. The van der Waals surface area contributed by atoms with Gasteiger partial charge in [0.25, 0.3) is 5.91 Å². The lowest BCUT2D eigenvalue weighted by atomic mass is 10.3. The molecule has 3 rings (SSSR count). The molecule has 23 heavy (non-hydrogen) atoms. The summed E-state index contributed by atoms with van der Waals surface area (Å²) >= 11 is 1.28. The van der Waals surface area contributed by atoms with Crippen LogP contribution in [-0.2, 0) is 4.79 Å². The molecule has 2 heterocycles. The van der Waals surface area contributed by atoms with Crippen molar-refractivity contribution in [1.82, 2.24) is 5.32 Å². The Labute approximate surface area is 138 Å². The molecule has 1 aromatic carbocycles. The summed E-state index contributed by atoms with van der Waals surface area (Å²) in [4.78, 5) is 17.1. The van der Waals surface area contributed by atoms with Gasteiger partial charge in [-0.3, -0.25) is 4.79 Å². The third-order valence-corrected chi connectivity index (χ3v) is 3.98. The molecule has 1 fully saturated rings. The van der Waals surface area contributed by atoms with E-state index in [0.717, 1.165) is 5.76 Å². The van der Waals surface area contributed by atoms with Gasteiger partial charge >= 0.3 is 0 Å². The zero-order valence-corrected chi connectivity index (χ0v) is 13.6. The smallest absolute Gasteiger partial charge is 0.264 e. The van der Waals surface area contributed by atoms with Gasteiger partial charge in [0.05, 0.1) is 11.5 Å². The average molecular weight is 328 g/mol. The van der Waals surface area contributed by atoms with Gasteiger partial charge in [-0.2, -0.15) is 0 Å². The van der Waals surface area contributed by atoms with Crippen molar-refractivity contribution in [2.75, 3.05) is 6.61 Å². The highest BCUT2D eigenvalue weighted by Crippen LogP contribution is 2.32. The quantitative estimate of drug-likeness (QED) is 0.865. The average Bonchev–Trinajstić information content (AvgIpc) is 3.08. The van der Waals surface area contributed by atoms with Crippen LogP contribution < -0.4 is 10.1 Å². The van der Waals surface area contributed by atoms with Gasteiger partial charge < -0.3 is 14.5 Å². The fourth-order valence-electron chi connectivity index (χ4n) is 2.08. The normalized spacial score (nSPS) is 17.7. The van der Waals surface area contributed by atoms with Crippen LogP contribution in [0.4, 0.5) is 5.69 Å². The summed E-state index contributed by atoms with van der Waals surface area (Å²) in [6, 6.07) is 11.2. The summed E-state index contributed by atoms with van der Waals surface area (Å²) in [7, 11) is 0.